The summed E-state index contributed by atoms with van der Waals surface area (Å²) in [6, 6.07) is 0. The van der Waals surface area contributed by atoms with Gasteiger partial charge in [-0.15, -0.1) is 12.4 Å². The fourth-order valence-electron chi connectivity index (χ4n) is 2.81. The molecule has 94 valence electrons. The lowest BCUT2D eigenvalue weighted by molar-refractivity contribution is -0.134. The molecule has 0 radical (unpaired) electrons. The van der Waals surface area contributed by atoms with Crippen LogP contribution in [0.2, 0.25) is 0 Å². The molecule has 2 fully saturated rings. The van der Waals surface area contributed by atoms with E-state index >= 15 is 0 Å². The molecule has 0 aromatic heterocycles. The lowest BCUT2D eigenvalue weighted by Crippen LogP contribution is -2.37. The SMILES string of the molecule is CC1(CN)CCN(C(=O)C2CCCC2)C1.Cl. The average molecular weight is 247 g/mol. The minimum atomic E-state index is 0. The number of hydrogen-bond acceptors (Lipinski definition) is 2. The molecule has 1 aliphatic carbocycles. The topological polar surface area (TPSA) is 46.3 Å². The van der Waals surface area contributed by atoms with Gasteiger partial charge in [-0.25, -0.2) is 0 Å². The quantitative estimate of drug-likeness (QED) is 0.808. The summed E-state index contributed by atoms with van der Waals surface area (Å²) in [6.45, 7) is 4.68. The van der Waals surface area contributed by atoms with Gasteiger partial charge in [0.2, 0.25) is 5.91 Å². The van der Waals surface area contributed by atoms with Crippen LogP contribution in [0.4, 0.5) is 0 Å². The maximum atomic E-state index is 12.1. The molecule has 2 N–H and O–H groups in total. The van der Waals surface area contributed by atoms with Crippen LogP contribution in [0.5, 0.6) is 0 Å². The van der Waals surface area contributed by atoms with Gasteiger partial charge >= 0.3 is 0 Å². The Hall–Kier alpha value is -0.280. The maximum Gasteiger partial charge on any atom is 0.225 e. The molecule has 2 rings (SSSR count). The second kappa shape index (κ2) is 5.37. The van der Waals surface area contributed by atoms with Crippen molar-refractivity contribution in [1.82, 2.24) is 4.90 Å². The molecule has 0 spiro atoms. The molecule has 1 aliphatic heterocycles. The van der Waals surface area contributed by atoms with Crippen LogP contribution < -0.4 is 5.73 Å². The highest BCUT2D eigenvalue weighted by Crippen LogP contribution is 2.32. The van der Waals surface area contributed by atoms with Crippen molar-refractivity contribution >= 4 is 18.3 Å². The van der Waals surface area contributed by atoms with E-state index in [4.69, 9.17) is 5.73 Å². The summed E-state index contributed by atoms with van der Waals surface area (Å²) in [4.78, 5) is 14.2. The molecule has 1 unspecified atom stereocenters. The Morgan fingerprint density at radius 3 is 2.56 bits per heavy atom. The standard InChI is InChI=1S/C12H22N2O.ClH/c1-12(8-13)6-7-14(9-12)11(15)10-4-2-3-5-10;/h10H,2-9,13H2,1H3;1H. The lowest BCUT2D eigenvalue weighted by atomic mass is 9.90. The third-order valence-corrected chi connectivity index (χ3v) is 4.07. The summed E-state index contributed by atoms with van der Waals surface area (Å²) in [5, 5.41) is 0. The molecule has 0 aromatic rings. The molecule has 0 aromatic carbocycles. The zero-order valence-corrected chi connectivity index (χ0v) is 10.9. The number of rotatable bonds is 2. The Morgan fingerprint density at radius 1 is 1.44 bits per heavy atom. The predicted molar refractivity (Wildman–Crippen MR) is 67.6 cm³/mol. The number of nitrogens with two attached hydrogens (primary N) is 1. The van der Waals surface area contributed by atoms with E-state index in [2.05, 4.69) is 6.92 Å². The normalized spacial score (nSPS) is 30.5. The molecule has 1 heterocycles. The second-order valence-corrected chi connectivity index (χ2v) is 5.51. The molecule has 3 nitrogen and oxygen atoms in total. The van der Waals surface area contributed by atoms with Crippen molar-refractivity contribution in [3.05, 3.63) is 0 Å². The third-order valence-electron chi connectivity index (χ3n) is 4.07. The minimum Gasteiger partial charge on any atom is -0.342 e. The lowest BCUT2D eigenvalue weighted by Gasteiger charge is -2.24. The largest absolute Gasteiger partial charge is 0.342 e. The van der Waals surface area contributed by atoms with Crippen LogP contribution in [0.15, 0.2) is 0 Å². The number of halogens is 1. The Balaban J connectivity index is 0.00000128. The van der Waals surface area contributed by atoms with Gasteiger partial charge in [0.15, 0.2) is 0 Å². The van der Waals surface area contributed by atoms with E-state index in [1.54, 1.807) is 0 Å². The highest BCUT2D eigenvalue weighted by molar-refractivity contribution is 5.85. The number of hydrogen-bond donors (Lipinski definition) is 1. The van der Waals surface area contributed by atoms with Gasteiger partial charge in [0.05, 0.1) is 0 Å². The molecule has 16 heavy (non-hydrogen) atoms. The first-order chi connectivity index (χ1) is 7.14. The zero-order chi connectivity index (χ0) is 10.9. The first-order valence-corrected chi connectivity index (χ1v) is 6.13. The predicted octanol–water partition coefficient (Wildman–Crippen LogP) is 1.80. The zero-order valence-electron chi connectivity index (χ0n) is 10.1. The second-order valence-electron chi connectivity index (χ2n) is 5.51. The van der Waals surface area contributed by atoms with Crippen molar-refractivity contribution in [2.75, 3.05) is 19.6 Å². The van der Waals surface area contributed by atoms with Crippen LogP contribution in [0.25, 0.3) is 0 Å². The number of amides is 1. The van der Waals surface area contributed by atoms with Crippen molar-refractivity contribution < 1.29 is 4.79 Å². The summed E-state index contributed by atoms with van der Waals surface area (Å²) >= 11 is 0. The van der Waals surface area contributed by atoms with E-state index in [0.29, 0.717) is 18.4 Å². The van der Waals surface area contributed by atoms with E-state index in [1.807, 2.05) is 4.90 Å². The van der Waals surface area contributed by atoms with Gasteiger partial charge in [-0.3, -0.25) is 4.79 Å². The molecule has 4 heteroatoms. The fourth-order valence-corrected chi connectivity index (χ4v) is 2.81. The maximum absolute atomic E-state index is 12.1. The molecule has 1 saturated heterocycles. The number of likely N-dealkylation sites (tertiary alicyclic amines) is 1. The van der Waals surface area contributed by atoms with Crippen molar-refractivity contribution in [1.29, 1.82) is 0 Å². The highest BCUT2D eigenvalue weighted by atomic mass is 35.5. The first-order valence-electron chi connectivity index (χ1n) is 6.13. The number of nitrogens with zero attached hydrogens (tertiary/aromatic N) is 1. The Kier molecular flexibility index (Phi) is 4.62. The van der Waals surface area contributed by atoms with Crippen LogP contribution in [-0.2, 0) is 4.79 Å². The van der Waals surface area contributed by atoms with E-state index < -0.39 is 0 Å². The monoisotopic (exact) mass is 246 g/mol. The Labute approximate surface area is 104 Å². The number of carbonyl (C=O) groups is 1. The van der Waals surface area contributed by atoms with Gasteiger partial charge in [0, 0.05) is 19.0 Å². The summed E-state index contributed by atoms with van der Waals surface area (Å²) in [7, 11) is 0. The van der Waals surface area contributed by atoms with Gasteiger partial charge in [-0.1, -0.05) is 19.8 Å². The highest BCUT2D eigenvalue weighted by Gasteiger charge is 2.37. The fraction of sp³-hybridized carbons (Fsp3) is 0.917. The van der Waals surface area contributed by atoms with Gasteiger partial charge in [0.1, 0.15) is 0 Å². The average Bonchev–Trinajstić information content (AvgIpc) is 2.86. The van der Waals surface area contributed by atoms with Crippen molar-refractivity contribution in [2.24, 2.45) is 17.1 Å². The van der Waals surface area contributed by atoms with Crippen molar-refractivity contribution in [3.63, 3.8) is 0 Å². The summed E-state index contributed by atoms with van der Waals surface area (Å²) in [5.74, 6) is 0.717. The number of carbonyl (C=O) groups excluding carboxylic acids is 1. The smallest absolute Gasteiger partial charge is 0.225 e. The van der Waals surface area contributed by atoms with Gasteiger partial charge < -0.3 is 10.6 Å². The van der Waals surface area contributed by atoms with Gasteiger partial charge in [-0.05, 0) is 31.2 Å². The van der Waals surface area contributed by atoms with E-state index in [9.17, 15) is 4.79 Å². The van der Waals surface area contributed by atoms with Crippen LogP contribution >= 0.6 is 12.4 Å². The van der Waals surface area contributed by atoms with E-state index in [-0.39, 0.29) is 17.8 Å². The van der Waals surface area contributed by atoms with Crippen LogP contribution in [0.1, 0.15) is 39.0 Å². The molecular formula is C12H23ClN2O. The van der Waals surface area contributed by atoms with Crippen molar-refractivity contribution in [2.45, 2.75) is 39.0 Å². The molecule has 1 saturated carbocycles. The molecule has 0 bridgehead atoms. The van der Waals surface area contributed by atoms with Crippen molar-refractivity contribution in [3.8, 4) is 0 Å². The summed E-state index contributed by atoms with van der Waals surface area (Å²) in [6.07, 6.45) is 5.75. The van der Waals surface area contributed by atoms with E-state index in [1.165, 1.54) is 12.8 Å². The molecule has 1 atom stereocenters. The van der Waals surface area contributed by atoms with E-state index in [0.717, 1.165) is 32.4 Å². The molecule has 2 aliphatic rings. The Morgan fingerprint density at radius 2 is 2.06 bits per heavy atom. The summed E-state index contributed by atoms with van der Waals surface area (Å²) < 4.78 is 0. The van der Waals surface area contributed by atoms with Crippen LogP contribution in [-0.4, -0.2) is 30.4 Å². The third kappa shape index (κ3) is 2.69. The van der Waals surface area contributed by atoms with Crippen LogP contribution in [0.3, 0.4) is 0 Å². The first kappa shape index (κ1) is 13.8. The minimum absolute atomic E-state index is 0. The van der Waals surface area contributed by atoms with Gasteiger partial charge in [0.25, 0.3) is 0 Å². The van der Waals surface area contributed by atoms with Gasteiger partial charge in [-0.2, -0.15) is 0 Å². The van der Waals surface area contributed by atoms with Crippen LogP contribution in [0, 0.1) is 11.3 Å². The summed E-state index contributed by atoms with van der Waals surface area (Å²) in [5.41, 5.74) is 5.92. The molecule has 1 amide bonds. The Bertz CT molecular complexity index is 253. The molecular weight excluding hydrogens is 224 g/mol.